The van der Waals surface area contributed by atoms with Crippen molar-refractivity contribution in [2.45, 2.75) is 12.6 Å². The number of nitrogen functional groups attached to an aromatic ring is 1. The Bertz CT molecular complexity index is 628. The Morgan fingerprint density at radius 2 is 1.90 bits per heavy atom. The molecule has 0 atom stereocenters. The van der Waals surface area contributed by atoms with E-state index in [1.165, 1.54) is 18.2 Å². The average molecular weight is 300 g/mol. The van der Waals surface area contributed by atoms with Crippen LogP contribution in [0.2, 0.25) is 0 Å². The summed E-state index contributed by atoms with van der Waals surface area (Å²) in [5.41, 5.74) is 6.04. The van der Waals surface area contributed by atoms with Gasteiger partial charge in [0.2, 0.25) is 5.82 Å². The molecule has 1 aromatic heterocycles. The van der Waals surface area contributed by atoms with Gasteiger partial charge in [0.25, 0.3) is 0 Å². The van der Waals surface area contributed by atoms with E-state index in [1.807, 2.05) is 0 Å². The SMILES string of the molecule is Nc1cc(NCCc2cccc(F)c2)nc(C(F)(F)F)n1. The maximum atomic E-state index is 13.0. The summed E-state index contributed by atoms with van der Waals surface area (Å²) in [7, 11) is 0. The van der Waals surface area contributed by atoms with E-state index >= 15 is 0 Å². The molecule has 112 valence electrons. The van der Waals surface area contributed by atoms with E-state index in [4.69, 9.17) is 5.73 Å². The number of aromatic nitrogens is 2. The molecular weight excluding hydrogens is 288 g/mol. The first kappa shape index (κ1) is 15.0. The molecule has 0 bridgehead atoms. The van der Waals surface area contributed by atoms with Gasteiger partial charge in [0, 0.05) is 12.6 Å². The molecule has 0 aliphatic heterocycles. The second kappa shape index (κ2) is 5.94. The second-order valence-corrected chi connectivity index (χ2v) is 4.31. The van der Waals surface area contributed by atoms with Gasteiger partial charge in [-0.2, -0.15) is 13.2 Å². The monoisotopic (exact) mass is 300 g/mol. The molecule has 0 aliphatic carbocycles. The third-order valence-electron chi connectivity index (χ3n) is 2.61. The highest BCUT2D eigenvalue weighted by atomic mass is 19.4. The fourth-order valence-corrected chi connectivity index (χ4v) is 1.71. The lowest BCUT2D eigenvalue weighted by molar-refractivity contribution is -0.144. The van der Waals surface area contributed by atoms with Gasteiger partial charge in [0.1, 0.15) is 17.5 Å². The maximum Gasteiger partial charge on any atom is 0.451 e. The molecule has 0 radical (unpaired) electrons. The van der Waals surface area contributed by atoms with Gasteiger partial charge in [0.05, 0.1) is 0 Å². The van der Waals surface area contributed by atoms with Crippen LogP contribution in [0.25, 0.3) is 0 Å². The molecule has 3 N–H and O–H groups in total. The molecule has 4 nitrogen and oxygen atoms in total. The van der Waals surface area contributed by atoms with Gasteiger partial charge in [-0.1, -0.05) is 12.1 Å². The fourth-order valence-electron chi connectivity index (χ4n) is 1.71. The summed E-state index contributed by atoms with van der Waals surface area (Å²) in [6.45, 7) is 0.289. The quantitative estimate of drug-likeness (QED) is 0.852. The van der Waals surface area contributed by atoms with Crippen molar-refractivity contribution in [3.8, 4) is 0 Å². The summed E-state index contributed by atoms with van der Waals surface area (Å²) >= 11 is 0. The summed E-state index contributed by atoms with van der Waals surface area (Å²) in [6, 6.07) is 7.17. The molecule has 1 aromatic carbocycles. The highest BCUT2D eigenvalue weighted by Gasteiger charge is 2.35. The number of nitrogens with two attached hydrogens (primary N) is 1. The summed E-state index contributed by atoms with van der Waals surface area (Å²) in [6.07, 6.45) is -4.22. The Morgan fingerprint density at radius 1 is 1.14 bits per heavy atom. The van der Waals surface area contributed by atoms with E-state index < -0.39 is 12.0 Å². The van der Waals surface area contributed by atoms with Crippen molar-refractivity contribution in [2.75, 3.05) is 17.6 Å². The summed E-state index contributed by atoms with van der Waals surface area (Å²) in [5, 5.41) is 2.71. The minimum absolute atomic E-state index is 0.0220. The molecule has 0 saturated carbocycles. The minimum Gasteiger partial charge on any atom is -0.384 e. The number of nitrogens with one attached hydrogen (secondary N) is 1. The Kier molecular flexibility index (Phi) is 4.25. The number of hydrogen-bond donors (Lipinski definition) is 2. The lowest BCUT2D eigenvalue weighted by atomic mass is 10.1. The average Bonchev–Trinajstić information content (AvgIpc) is 2.37. The van der Waals surface area contributed by atoms with Crippen LogP contribution in [0.3, 0.4) is 0 Å². The fraction of sp³-hybridized carbons (Fsp3) is 0.231. The van der Waals surface area contributed by atoms with Crippen LogP contribution in [0.15, 0.2) is 30.3 Å². The zero-order valence-electron chi connectivity index (χ0n) is 10.8. The third-order valence-corrected chi connectivity index (χ3v) is 2.61. The number of rotatable bonds is 4. The Hall–Kier alpha value is -2.38. The van der Waals surface area contributed by atoms with Crippen molar-refractivity contribution in [1.82, 2.24) is 9.97 Å². The lowest BCUT2D eigenvalue weighted by Gasteiger charge is -2.10. The first-order valence-corrected chi connectivity index (χ1v) is 6.04. The lowest BCUT2D eigenvalue weighted by Crippen LogP contribution is -2.15. The number of benzene rings is 1. The highest BCUT2D eigenvalue weighted by molar-refractivity contribution is 5.45. The van der Waals surface area contributed by atoms with Crippen molar-refractivity contribution in [3.63, 3.8) is 0 Å². The van der Waals surface area contributed by atoms with E-state index in [1.54, 1.807) is 12.1 Å². The number of nitrogens with zero attached hydrogens (tertiary/aromatic N) is 2. The van der Waals surface area contributed by atoms with Crippen molar-refractivity contribution in [2.24, 2.45) is 0 Å². The number of anilines is 2. The first-order chi connectivity index (χ1) is 9.84. The molecule has 2 rings (SSSR count). The molecule has 21 heavy (non-hydrogen) atoms. The van der Waals surface area contributed by atoms with Gasteiger partial charge in [-0.05, 0) is 24.1 Å². The third kappa shape index (κ3) is 4.30. The zero-order valence-corrected chi connectivity index (χ0v) is 10.8. The molecule has 1 heterocycles. The number of hydrogen-bond acceptors (Lipinski definition) is 4. The number of halogens is 4. The van der Waals surface area contributed by atoms with E-state index in [0.29, 0.717) is 6.42 Å². The minimum atomic E-state index is -4.66. The highest BCUT2D eigenvalue weighted by Crippen LogP contribution is 2.27. The predicted octanol–water partition coefficient (Wildman–Crippen LogP) is 2.87. The van der Waals surface area contributed by atoms with Gasteiger partial charge in [-0.3, -0.25) is 0 Å². The van der Waals surface area contributed by atoms with Gasteiger partial charge in [-0.15, -0.1) is 0 Å². The van der Waals surface area contributed by atoms with Crippen LogP contribution >= 0.6 is 0 Å². The van der Waals surface area contributed by atoms with Gasteiger partial charge >= 0.3 is 6.18 Å². The summed E-state index contributed by atoms with van der Waals surface area (Å²) in [5.74, 6) is -1.95. The predicted molar refractivity (Wildman–Crippen MR) is 70.0 cm³/mol. The molecular formula is C13H12F4N4. The van der Waals surface area contributed by atoms with Crippen LogP contribution in [-0.4, -0.2) is 16.5 Å². The van der Waals surface area contributed by atoms with E-state index in [0.717, 1.165) is 5.56 Å². The first-order valence-electron chi connectivity index (χ1n) is 6.04. The molecule has 0 amide bonds. The molecule has 0 fully saturated rings. The Morgan fingerprint density at radius 3 is 2.57 bits per heavy atom. The van der Waals surface area contributed by atoms with Crippen LogP contribution in [0.4, 0.5) is 29.2 Å². The Balaban J connectivity index is 2.02. The molecule has 0 saturated heterocycles. The topological polar surface area (TPSA) is 63.8 Å². The summed E-state index contributed by atoms with van der Waals surface area (Å²) in [4.78, 5) is 6.49. The van der Waals surface area contributed by atoms with Gasteiger partial charge in [-0.25, -0.2) is 14.4 Å². The van der Waals surface area contributed by atoms with Crippen LogP contribution in [0.1, 0.15) is 11.4 Å². The summed E-state index contributed by atoms with van der Waals surface area (Å²) < 4.78 is 50.6. The molecule has 2 aromatic rings. The van der Waals surface area contributed by atoms with Gasteiger partial charge in [0.15, 0.2) is 0 Å². The van der Waals surface area contributed by atoms with Crippen LogP contribution in [0.5, 0.6) is 0 Å². The van der Waals surface area contributed by atoms with Crippen molar-refractivity contribution in [1.29, 1.82) is 0 Å². The Labute approximate surface area is 118 Å². The number of alkyl halides is 3. The van der Waals surface area contributed by atoms with Crippen LogP contribution < -0.4 is 11.1 Å². The molecule has 0 unspecified atom stereocenters. The van der Waals surface area contributed by atoms with Gasteiger partial charge < -0.3 is 11.1 Å². The zero-order chi connectivity index (χ0) is 15.5. The molecule has 8 heteroatoms. The van der Waals surface area contributed by atoms with E-state index in [-0.39, 0.29) is 24.0 Å². The normalized spacial score (nSPS) is 11.4. The van der Waals surface area contributed by atoms with Crippen molar-refractivity contribution >= 4 is 11.6 Å². The standard InChI is InChI=1S/C13H12F4N4/c14-9-3-1-2-8(6-9)4-5-19-11-7-10(18)20-12(21-11)13(15,16)17/h1-3,6-7H,4-5H2,(H3,18,19,20,21). The van der Waals surface area contributed by atoms with Crippen LogP contribution in [-0.2, 0) is 12.6 Å². The van der Waals surface area contributed by atoms with Crippen molar-refractivity contribution in [3.05, 3.63) is 47.5 Å². The molecule has 0 spiro atoms. The van der Waals surface area contributed by atoms with Crippen molar-refractivity contribution < 1.29 is 17.6 Å². The maximum absolute atomic E-state index is 13.0. The van der Waals surface area contributed by atoms with E-state index in [9.17, 15) is 17.6 Å². The largest absolute Gasteiger partial charge is 0.451 e. The van der Waals surface area contributed by atoms with E-state index in [2.05, 4.69) is 15.3 Å². The second-order valence-electron chi connectivity index (χ2n) is 4.31. The smallest absolute Gasteiger partial charge is 0.384 e. The molecule has 0 aliphatic rings. The van der Waals surface area contributed by atoms with Crippen LogP contribution in [0, 0.1) is 5.82 Å².